The Kier molecular flexibility index (Phi) is 9.33. The molecule has 0 radical (unpaired) electrons. The van der Waals surface area contributed by atoms with E-state index in [9.17, 15) is 9.59 Å². The molecule has 0 amide bonds. The second-order valence-corrected chi connectivity index (χ2v) is 8.52. The van der Waals surface area contributed by atoms with E-state index in [2.05, 4.69) is 6.92 Å². The molecule has 0 aromatic rings. The van der Waals surface area contributed by atoms with Crippen molar-refractivity contribution in [2.24, 2.45) is 11.8 Å². The van der Waals surface area contributed by atoms with E-state index < -0.39 is 11.6 Å². The summed E-state index contributed by atoms with van der Waals surface area (Å²) in [6, 6.07) is 0. The number of hydrogen-bond donors (Lipinski definition) is 0. The Morgan fingerprint density at radius 1 is 0.897 bits per heavy atom. The van der Waals surface area contributed by atoms with Crippen molar-refractivity contribution in [1.82, 2.24) is 0 Å². The Hall–Kier alpha value is -1.22. The van der Waals surface area contributed by atoms with Crippen LogP contribution in [0.3, 0.4) is 0 Å². The number of ether oxygens (including phenoxy) is 6. The third-order valence-corrected chi connectivity index (χ3v) is 5.07. The zero-order valence-corrected chi connectivity index (χ0v) is 18.2. The van der Waals surface area contributed by atoms with Crippen LogP contribution in [0.2, 0.25) is 0 Å². The van der Waals surface area contributed by atoms with Crippen LogP contribution >= 0.6 is 0 Å². The van der Waals surface area contributed by atoms with Crippen molar-refractivity contribution in [1.29, 1.82) is 0 Å². The first kappa shape index (κ1) is 24.1. The summed E-state index contributed by atoms with van der Waals surface area (Å²) < 4.78 is 33.1. The van der Waals surface area contributed by atoms with Crippen molar-refractivity contribution < 1.29 is 38.0 Å². The van der Waals surface area contributed by atoms with E-state index >= 15 is 0 Å². The lowest BCUT2D eigenvalue weighted by Crippen LogP contribution is -2.41. The average Bonchev–Trinajstić information content (AvgIpc) is 2.71. The van der Waals surface area contributed by atoms with Gasteiger partial charge >= 0.3 is 11.9 Å². The molecule has 1 unspecified atom stereocenters. The third-order valence-electron chi connectivity index (χ3n) is 5.07. The van der Waals surface area contributed by atoms with Crippen LogP contribution in [-0.2, 0) is 38.0 Å². The lowest BCUT2D eigenvalue weighted by molar-refractivity contribution is -0.274. The Morgan fingerprint density at radius 3 is 1.83 bits per heavy atom. The molecule has 168 valence electrons. The van der Waals surface area contributed by atoms with Gasteiger partial charge in [0.05, 0.1) is 52.5 Å². The molecule has 0 aliphatic carbocycles. The largest absolute Gasteiger partial charge is 0.465 e. The van der Waals surface area contributed by atoms with Crippen molar-refractivity contribution in [3.05, 3.63) is 0 Å². The fraction of sp³-hybridized carbons (Fsp3) is 0.905. The predicted molar refractivity (Wildman–Crippen MR) is 104 cm³/mol. The highest BCUT2D eigenvalue weighted by molar-refractivity contribution is 5.69. The highest BCUT2D eigenvalue weighted by atomic mass is 16.7. The van der Waals surface area contributed by atoms with E-state index in [4.69, 9.17) is 28.4 Å². The van der Waals surface area contributed by atoms with Crippen molar-refractivity contribution in [2.45, 2.75) is 71.4 Å². The molecule has 8 nitrogen and oxygen atoms in total. The lowest BCUT2D eigenvalue weighted by atomic mass is 10.1. The van der Waals surface area contributed by atoms with Crippen molar-refractivity contribution in [2.75, 3.05) is 39.6 Å². The number of carbonyl (C=O) groups excluding carboxylic acids is 2. The summed E-state index contributed by atoms with van der Waals surface area (Å²) in [7, 11) is 0. The van der Waals surface area contributed by atoms with Crippen molar-refractivity contribution in [3.8, 4) is 0 Å². The van der Waals surface area contributed by atoms with E-state index in [1.54, 1.807) is 0 Å². The molecule has 0 N–H and O–H groups in total. The van der Waals surface area contributed by atoms with E-state index in [0.29, 0.717) is 45.2 Å². The Labute approximate surface area is 173 Å². The van der Waals surface area contributed by atoms with Gasteiger partial charge in [0.25, 0.3) is 0 Å². The van der Waals surface area contributed by atoms with Gasteiger partial charge in [0.15, 0.2) is 11.6 Å². The van der Waals surface area contributed by atoms with Crippen molar-refractivity contribution >= 4 is 11.9 Å². The molecule has 0 bridgehead atoms. The molecule has 1 atom stereocenters. The first-order valence-electron chi connectivity index (χ1n) is 10.6. The average molecular weight is 417 g/mol. The maximum Gasteiger partial charge on any atom is 0.305 e. The van der Waals surface area contributed by atoms with Crippen LogP contribution in [0.25, 0.3) is 0 Å². The second-order valence-electron chi connectivity index (χ2n) is 8.52. The third kappa shape index (κ3) is 8.99. The summed E-state index contributed by atoms with van der Waals surface area (Å²) in [5, 5.41) is 0. The maximum atomic E-state index is 12.0. The van der Waals surface area contributed by atoms with Gasteiger partial charge in [-0.15, -0.1) is 0 Å². The number of carbonyl (C=O) groups is 2. The summed E-state index contributed by atoms with van der Waals surface area (Å²) >= 11 is 0. The highest BCUT2D eigenvalue weighted by Gasteiger charge is 2.32. The van der Waals surface area contributed by atoms with E-state index in [0.717, 1.165) is 6.42 Å². The topological polar surface area (TPSA) is 89.5 Å². The molecule has 2 heterocycles. The zero-order valence-electron chi connectivity index (χ0n) is 18.2. The summed E-state index contributed by atoms with van der Waals surface area (Å²) in [4.78, 5) is 23.9. The quantitative estimate of drug-likeness (QED) is 0.502. The van der Waals surface area contributed by atoms with Crippen molar-refractivity contribution in [3.63, 3.8) is 0 Å². The number of rotatable bonds is 10. The Balaban J connectivity index is 1.54. The van der Waals surface area contributed by atoms with E-state index in [1.807, 2.05) is 20.8 Å². The molecule has 2 saturated heterocycles. The molecule has 0 aromatic carbocycles. The highest BCUT2D eigenvalue weighted by Crippen LogP contribution is 2.26. The molecule has 0 saturated carbocycles. The molecule has 0 spiro atoms. The molecule has 2 aliphatic rings. The van der Waals surface area contributed by atoms with Crippen LogP contribution in [-0.4, -0.2) is 63.2 Å². The maximum absolute atomic E-state index is 12.0. The zero-order chi connectivity index (χ0) is 21.3. The fourth-order valence-electron chi connectivity index (χ4n) is 3.01. The van der Waals surface area contributed by atoms with Crippen LogP contribution in [0.4, 0.5) is 0 Å². The second kappa shape index (κ2) is 11.2. The lowest BCUT2D eigenvalue weighted by Gasteiger charge is -2.36. The summed E-state index contributed by atoms with van der Waals surface area (Å²) in [5.74, 6) is -1.78. The van der Waals surface area contributed by atoms with Crippen LogP contribution in [0.15, 0.2) is 0 Å². The minimum absolute atomic E-state index is 0.0840. The summed E-state index contributed by atoms with van der Waals surface area (Å²) in [6.45, 7) is 10.6. The van der Waals surface area contributed by atoms with Gasteiger partial charge < -0.3 is 28.4 Å². The minimum Gasteiger partial charge on any atom is -0.465 e. The molecule has 2 fully saturated rings. The predicted octanol–water partition coefficient (Wildman–Crippen LogP) is 2.82. The standard InChI is InChI=1S/C21H36O8/c1-16(12-24-18(22)6-8-20(3)26-10-5-11-27-20)13-25-19(23)7-9-21(4)28-14-17(2)15-29-21/h16-17H,5-15H2,1-4H3. The minimum atomic E-state index is -0.727. The smallest absolute Gasteiger partial charge is 0.305 e. The number of hydrogen-bond acceptors (Lipinski definition) is 8. The Morgan fingerprint density at radius 2 is 1.34 bits per heavy atom. The first-order chi connectivity index (χ1) is 13.7. The number of esters is 2. The molecule has 29 heavy (non-hydrogen) atoms. The van der Waals surface area contributed by atoms with Gasteiger partial charge in [0.1, 0.15) is 0 Å². The van der Waals surface area contributed by atoms with Crippen LogP contribution < -0.4 is 0 Å². The van der Waals surface area contributed by atoms with E-state index in [1.165, 1.54) is 0 Å². The van der Waals surface area contributed by atoms with Gasteiger partial charge in [-0.1, -0.05) is 13.8 Å². The molecule has 2 rings (SSSR count). The van der Waals surface area contributed by atoms with Gasteiger partial charge in [-0.3, -0.25) is 9.59 Å². The van der Waals surface area contributed by atoms with Crippen LogP contribution in [0.5, 0.6) is 0 Å². The summed E-state index contributed by atoms with van der Waals surface area (Å²) in [6.07, 6.45) is 2.21. The van der Waals surface area contributed by atoms with Crippen LogP contribution in [0.1, 0.15) is 59.8 Å². The monoisotopic (exact) mass is 416 g/mol. The molecule has 0 aromatic heterocycles. The molecular formula is C21H36O8. The van der Waals surface area contributed by atoms with Gasteiger partial charge in [-0.05, 0) is 20.3 Å². The van der Waals surface area contributed by atoms with Gasteiger partial charge in [-0.25, -0.2) is 0 Å². The van der Waals surface area contributed by atoms with Crippen LogP contribution in [0, 0.1) is 11.8 Å². The molecule has 2 aliphatic heterocycles. The van der Waals surface area contributed by atoms with Gasteiger partial charge in [0, 0.05) is 24.7 Å². The normalized spacial score (nSPS) is 27.8. The Bertz CT molecular complexity index is 521. The summed E-state index contributed by atoms with van der Waals surface area (Å²) in [5.41, 5.74) is 0. The molecular weight excluding hydrogens is 380 g/mol. The SMILES string of the molecule is CC(COC(=O)CCC1(C)OCCCO1)COC(=O)CCC1(C)OCC(C)CO1. The first-order valence-corrected chi connectivity index (χ1v) is 10.6. The van der Waals surface area contributed by atoms with Gasteiger partial charge in [-0.2, -0.15) is 0 Å². The van der Waals surface area contributed by atoms with Gasteiger partial charge in [0.2, 0.25) is 0 Å². The fourth-order valence-corrected chi connectivity index (χ4v) is 3.01. The molecule has 8 heteroatoms. The van der Waals surface area contributed by atoms with E-state index in [-0.39, 0.29) is 43.9 Å².